The highest BCUT2D eigenvalue weighted by Gasteiger charge is 2.30. The Hall–Kier alpha value is -1.72. The molecule has 23 heavy (non-hydrogen) atoms. The van der Waals surface area contributed by atoms with Gasteiger partial charge in [0, 0.05) is 57.3 Å². The molecule has 3 heterocycles. The molecule has 0 amide bonds. The lowest BCUT2D eigenvalue weighted by molar-refractivity contribution is 0.0867. The molecule has 1 fully saturated rings. The zero-order valence-corrected chi connectivity index (χ0v) is 13.7. The van der Waals surface area contributed by atoms with Crippen molar-refractivity contribution in [2.75, 3.05) is 19.8 Å². The Kier molecular flexibility index (Phi) is 4.14. The molecular formula is C18H24N4O. The van der Waals surface area contributed by atoms with Crippen molar-refractivity contribution in [3.63, 3.8) is 0 Å². The number of pyridine rings is 1. The summed E-state index contributed by atoms with van der Waals surface area (Å²) >= 11 is 0. The van der Waals surface area contributed by atoms with Gasteiger partial charge in [0.15, 0.2) is 0 Å². The summed E-state index contributed by atoms with van der Waals surface area (Å²) < 4.78 is 8.17. The number of rotatable bonds is 6. The molecule has 0 aromatic carbocycles. The van der Waals surface area contributed by atoms with E-state index in [1.165, 1.54) is 29.8 Å². The zero-order chi connectivity index (χ0) is 15.6. The molecule has 1 atom stereocenters. The Bertz CT molecular complexity index is 650. The van der Waals surface area contributed by atoms with E-state index in [9.17, 15) is 0 Å². The predicted molar refractivity (Wildman–Crippen MR) is 87.8 cm³/mol. The normalized spacial score (nSPS) is 21.3. The molecule has 5 nitrogen and oxygen atoms in total. The van der Waals surface area contributed by atoms with Crippen molar-refractivity contribution in [3.05, 3.63) is 47.8 Å². The van der Waals surface area contributed by atoms with E-state index in [0.717, 1.165) is 38.8 Å². The van der Waals surface area contributed by atoms with Crippen LogP contribution in [-0.4, -0.2) is 39.2 Å². The molecule has 0 saturated heterocycles. The number of hydrogen-bond donors (Lipinski definition) is 0. The highest BCUT2D eigenvalue weighted by atomic mass is 16.5. The number of fused-ring (bicyclic) bond motifs is 1. The fourth-order valence-corrected chi connectivity index (χ4v) is 3.47. The SMILES string of the molecule is Cn1cnc2c1[C@H](COCC1CC1)CN(Cc1ccncc1)C2. The fourth-order valence-electron chi connectivity index (χ4n) is 3.47. The summed E-state index contributed by atoms with van der Waals surface area (Å²) in [7, 11) is 2.10. The maximum absolute atomic E-state index is 6.00. The van der Waals surface area contributed by atoms with E-state index in [1.54, 1.807) is 0 Å². The predicted octanol–water partition coefficient (Wildman–Crippen LogP) is 2.34. The standard InChI is InChI=1S/C18H24N4O/c1-21-13-20-17-10-22(8-14-4-6-19-7-5-14)9-16(18(17)21)12-23-11-15-2-3-15/h4-7,13,15-16H,2-3,8-12H2,1H3/t16-/m0/s1. The van der Waals surface area contributed by atoms with Crippen LogP contribution in [0.25, 0.3) is 0 Å². The van der Waals surface area contributed by atoms with Crippen molar-refractivity contribution in [1.29, 1.82) is 0 Å². The largest absolute Gasteiger partial charge is 0.380 e. The minimum Gasteiger partial charge on any atom is -0.380 e. The molecule has 5 heteroatoms. The highest BCUT2D eigenvalue weighted by molar-refractivity contribution is 5.22. The summed E-state index contributed by atoms with van der Waals surface area (Å²) in [5, 5.41) is 0. The molecule has 1 aliphatic carbocycles. The topological polar surface area (TPSA) is 43.2 Å². The minimum absolute atomic E-state index is 0.409. The Morgan fingerprint density at radius 2 is 2.04 bits per heavy atom. The second-order valence-corrected chi connectivity index (χ2v) is 6.89. The maximum Gasteiger partial charge on any atom is 0.0949 e. The smallest absolute Gasteiger partial charge is 0.0949 e. The minimum atomic E-state index is 0.409. The molecule has 0 unspecified atom stereocenters. The van der Waals surface area contributed by atoms with E-state index in [-0.39, 0.29) is 0 Å². The van der Waals surface area contributed by atoms with Gasteiger partial charge in [-0.2, -0.15) is 0 Å². The number of hydrogen-bond acceptors (Lipinski definition) is 4. The van der Waals surface area contributed by atoms with Crippen molar-refractivity contribution >= 4 is 0 Å². The second-order valence-electron chi connectivity index (χ2n) is 6.89. The first-order valence-corrected chi connectivity index (χ1v) is 8.48. The van der Waals surface area contributed by atoms with E-state index < -0.39 is 0 Å². The summed E-state index contributed by atoms with van der Waals surface area (Å²) in [6.45, 7) is 4.61. The summed E-state index contributed by atoms with van der Waals surface area (Å²) in [5.41, 5.74) is 3.86. The summed E-state index contributed by atoms with van der Waals surface area (Å²) in [6.07, 6.45) is 8.35. The van der Waals surface area contributed by atoms with Gasteiger partial charge in [-0.05, 0) is 36.5 Å². The van der Waals surface area contributed by atoms with Crippen LogP contribution in [0.4, 0.5) is 0 Å². The van der Waals surface area contributed by atoms with Gasteiger partial charge in [0.05, 0.1) is 18.6 Å². The third kappa shape index (κ3) is 3.46. The molecule has 2 aromatic heterocycles. The Morgan fingerprint density at radius 3 is 2.83 bits per heavy atom. The fraction of sp³-hybridized carbons (Fsp3) is 0.556. The first-order chi connectivity index (χ1) is 11.3. The molecule has 0 N–H and O–H groups in total. The molecule has 2 aromatic rings. The molecule has 4 rings (SSSR count). The average Bonchev–Trinajstić information content (AvgIpc) is 3.31. The first-order valence-electron chi connectivity index (χ1n) is 8.48. The lowest BCUT2D eigenvalue weighted by atomic mass is 9.98. The molecule has 122 valence electrons. The quantitative estimate of drug-likeness (QED) is 0.821. The van der Waals surface area contributed by atoms with Crippen molar-refractivity contribution in [3.8, 4) is 0 Å². The monoisotopic (exact) mass is 312 g/mol. The van der Waals surface area contributed by atoms with Crippen LogP contribution in [0.2, 0.25) is 0 Å². The van der Waals surface area contributed by atoms with Crippen molar-refractivity contribution < 1.29 is 4.74 Å². The molecule has 0 spiro atoms. The van der Waals surface area contributed by atoms with Gasteiger partial charge in [-0.25, -0.2) is 4.98 Å². The molecular weight excluding hydrogens is 288 g/mol. The second kappa shape index (κ2) is 6.42. The number of nitrogens with zero attached hydrogens (tertiary/aromatic N) is 4. The van der Waals surface area contributed by atoms with E-state index >= 15 is 0 Å². The zero-order valence-electron chi connectivity index (χ0n) is 13.7. The van der Waals surface area contributed by atoms with E-state index in [0.29, 0.717) is 5.92 Å². The molecule has 0 radical (unpaired) electrons. The number of aromatic nitrogens is 3. The average molecular weight is 312 g/mol. The van der Waals surface area contributed by atoms with E-state index in [2.05, 4.69) is 38.6 Å². The summed E-state index contributed by atoms with van der Waals surface area (Å²) in [6, 6.07) is 4.18. The van der Waals surface area contributed by atoms with Gasteiger partial charge in [-0.3, -0.25) is 9.88 Å². The van der Waals surface area contributed by atoms with Gasteiger partial charge < -0.3 is 9.30 Å². The van der Waals surface area contributed by atoms with Crippen LogP contribution in [0.15, 0.2) is 30.9 Å². The summed E-state index contributed by atoms with van der Waals surface area (Å²) in [5.74, 6) is 1.23. The Morgan fingerprint density at radius 1 is 1.22 bits per heavy atom. The first kappa shape index (κ1) is 14.8. The number of ether oxygens (including phenoxy) is 1. The van der Waals surface area contributed by atoms with Crippen LogP contribution in [0.1, 0.15) is 35.7 Å². The lowest BCUT2D eigenvalue weighted by Crippen LogP contribution is -2.36. The van der Waals surface area contributed by atoms with Gasteiger partial charge >= 0.3 is 0 Å². The molecule has 1 saturated carbocycles. The molecule has 1 aliphatic heterocycles. The van der Waals surface area contributed by atoms with Gasteiger partial charge in [-0.15, -0.1) is 0 Å². The third-order valence-electron chi connectivity index (χ3n) is 4.83. The van der Waals surface area contributed by atoms with Crippen LogP contribution in [0.5, 0.6) is 0 Å². The molecule has 2 aliphatic rings. The highest BCUT2D eigenvalue weighted by Crippen LogP contribution is 2.31. The lowest BCUT2D eigenvalue weighted by Gasteiger charge is -2.32. The van der Waals surface area contributed by atoms with Crippen LogP contribution < -0.4 is 0 Å². The third-order valence-corrected chi connectivity index (χ3v) is 4.83. The maximum atomic E-state index is 6.00. The van der Waals surface area contributed by atoms with Gasteiger partial charge in [0.2, 0.25) is 0 Å². The molecule has 0 bridgehead atoms. The van der Waals surface area contributed by atoms with Crippen molar-refractivity contribution in [1.82, 2.24) is 19.4 Å². The summed E-state index contributed by atoms with van der Waals surface area (Å²) in [4.78, 5) is 11.2. The van der Waals surface area contributed by atoms with Crippen molar-refractivity contribution in [2.45, 2.75) is 31.8 Å². The van der Waals surface area contributed by atoms with Crippen LogP contribution in [-0.2, 0) is 24.9 Å². The van der Waals surface area contributed by atoms with Gasteiger partial charge in [0.25, 0.3) is 0 Å². The van der Waals surface area contributed by atoms with Crippen LogP contribution in [0.3, 0.4) is 0 Å². The van der Waals surface area contributed by atoms with Crippen molar-refractivity contribution in [2.24, 2.45) is 13.0 Å². The number of imidazole rings is 1. The van der Waals surface area contributed by atoms with Crippen LogP contribution in [0, 0.1) is 5.92 Å². The van der Waals surface area contributed by atoms with Gasteiger partial charge in [0.1, 0.15) is 0 Å². The van der Waals surface area contributed by atoms with E-state index in [4.69, 9.17) is 4.74 Å². The Balaban J connectivity index is 1.46. The van der Waals surface area contributed by atoms with Gasteiger partial charge in [-0.1, -0.05) is 0 Å². The van der Waals surface area contributed by atoms with E-state index in [1.807, 2.05) is 18.7 Å². The number of aryl methyl sites for hydroxylation is 1. The van der Waals surface area contributed by atoms with Crippen LogP contribution >= 0.6 is 0 Å². The Labute approximate surface area is 137 Å².